The lowest BCUT2D eigenvalue weighted by Crippen LogP contribution is -2.15. The Morgan fingerprint density at radius 3 is 1.79 bits per heavy atom. The largest absolute Gasteiger partial charge is 0.355 e. The summed E-state index contributed by atoms with van der Waals surface area (Å²) < 4.78 is 2.65. The van der Waals surface area contributed by atoms with E-state index >= 15 is 0 Å². The molecule has 63 heavy (non-hydrogen) atoms. The van der Waals surface area contributed by atoms with Gasteiger partial charge in [0, 0.05) is 42.5 Å². The highest BCUT2D eigenvalue weighted by atomic mass is 32.1. The number of hydrogen-bond acceptors (Lipinski definition) is 2. The Morgan fingerprint density at radius 2 is 0.921 bits per heavy atom. The Hall–Kier alpha value is -7.52. The molecule has 298 valence electrons. The van der Waals surface area contributed by atoms with Crippen LogP contribution in [-0.4, -0.2) is 0 Å². The van der Waals surface area contributed by atoms with E-state index in [1.165, 1.54) is 103 Å². The molecule has 0 unspecified atom stereocenters. The first-order valence-corrected chi connectivity index (χ1v) is 22.6. The number of anilines is 2. The summed E-state index contributed by atoms with van der Waals surface area (Å²) in [5.41, 5.74) is 19.4. The Labute approximate surface area is 372 Å². The summed E-state index contributed by atoms with van der Waals surface area (Å²) in [7, 11) is 0. The molecule has 1 aliphatic rings. The van der Waals surface area contributed by atoms with Crippen molar-refractivity contribution >= 4 is 53.7 Å². The van der Waals surface area contributed by atoms with E-state index < -0.39 is 0 Å². The van der Waals surface area contributed by atoms with E-state index in [2.05, 4.69) is 238 Å². The van der Waals surface area contributed by atoms with Crippen molar-refractivity contribution in [2.45, 2.75) is 19.3 Å². The van der Waals surface area contributed by atoms with Crippen molar-refractivity contribution in [3.05, 3.63) is 230 Å². The maximum absolute atomic E-state index is 3.98. The number of fused-ring (bicyclic) bond motifs is 7. The van der Waals surface area contributed by atoms with Gasteiger partial charge in [0.2, 0.25) is 0 Å². The molecule has 2 heteroatoms. The summed E-state index contributed by atoms with van der Waals surface area (Å²) in [5.74, 6) is 0. The first-order chi connectivity index (χ1) is 31.0. The van der Waals surface area contributed by atoms with Gasteiger partial charge in [0.05, 0.1) is 0 Å². The van der Waals surface area contributed by atoms with Gasteiger partial charge in [-0.25, -0.2) is 0 Å². The Morgan fingerprint density at radius 1 is 0.349 bits per heavy atom. The summed E-state index contributed by atoms with van der Waals surface area (Å²) in [4.78, 5) is 0. The minimum absolute atomic E-state index is 0.185. The van der Waals surface area contributed by atoms with Crippen LogP contribution in [0.3, 0.4) is 0 Å². The normalized spacial score (nSPS) is 12.7. The number of rotatable bonds is 7. The molecule has 0 amide bonds. The van der Waals surface area contributed by atoms with E-state index in [1.807, 2.05) is 11.3 Å². The van der Waals surface area contributed by atoms with Crippen molar-refractivity contribution in [1.29, 1.82) is 0 Å². The third-order valence-corrected chi connectivity index (χ3v) is 14.5. The summed E-state index contributed by atoms with van der Waals surface area (Å²) >= 11 is 1.88. The van der Waals surface area contributed by atoms with Gasteiger partial charge < -0.3 is 5.32 Å². The highest BCUT2D eigenvalue weighted by molar-refractivity contribution is 7.26. The van der Waals surface area contributed by atoms with Gasteiger partial charge in [-0.15, -0.1) is 11.3 Å². The van der Waals surface area contributed by atoms with Crippen LogP contribution in [0.2, 0.25) is 0 Å². The molecule has 1 N–H and O–H groups in total. The summed E-state index contributed by atoms with van der Waals surface area (Å²) in [5, 5.41) is 9.17. The van der Waals surface area contributed by atoms with Crippen molar-refractivity contribution in [2.24, 2.45) is 0 Å². The predicted molar refractivity (Wildman–Crippen MR) is 271 cm³/mol. The van der Waals surface area contributed by atoms with Gasteiger partial charge in [-0.2, -0.15) is 0 Å². The molecule has 1 heterocycles. The van der Waals surface area contributed by atoms with E-state index in [0.29, 0.717) is 0 Å². The van der Waals surface area contributed by atoms with Gasteiger partial charge >= 0.3 is 0 Å². The minimum Gasteiger partial charge on any atom is -0.355 e. The Balaban J connectivity index is 0.941. The second-order valence-electron chi connectivity index (χ2n) is 17.3. The van der Waals surface area contributed by atoms with Crippen molar-refractivity contribution in [3.8, 4) is 66.8 Å². The van der Waals surface area contributed by atoms with Gasteiger partial charge in [-0.1, -0.05) is 196 Å². The molecule has 0 saturated carbocycles. The van der Waals surface area contributed by atoms with Crippen LogP contribution >= 0.6 is 11.3 Å². The van der Waals surface area contributed by atoms with Crippen LogP contribution in [0.15, 0.2) is 218 Å². The highest BCUT2D eigenvalue weighted by Gasteiger charge is 2.36. The molecule has 0 atom stereocenters. The maximum Gasteiger partial charge on any atom is 0.0470 e. The van der Waals surface area contributed by atoms with Gasteiger partial charge in [-0.05, 0) is 119 Å². The summed E-state index contributed by atoms with van der Waals surface area (Å²) in [6, 6.07) is 80.4. The van der Waals surface area contributed by atoms with Crippen LogP contribution in [0.25, 0.3) is 97.7 Å². The van der Waals surface area contributed by atoms with E-state index in [4.69, 9.17) is 0 Å². The molecule has 1 aliphatic carbocycles. The van der Waals surface area contributed by atoms with Crippen molar-refractivity contribution < 1.29 is 0 Å². The number of nitrogens with one attached hydrogen (secondary N) is 1. The zero-order chi connectivity index (χ0) is 42.1. The third kappa shape index (κ3) is 6.29. The Kier molecular flexibility index (Phi) is 8.77. The quantitative estimate of drug-likeness (QED) is 0.169. The number of hydrogen-bond donors (Lipinski definition) is 1. The summed E-state index contributed by atoms with van der Waals surface area (Å²) in [6.07, 6.45) is 0. The van der Waals surface area contributed by atoms with Crippen LogP contribution in [0.4, 0.5) is 11.4 Å². The van der Waals surface area contributed by atoms with Crippen molar-refractivity contribution in [3.63, 3.8) is 0 Å². The van der Waals surface area contributed by atoms with Crippen LogP contribution in [0, 0.1) is 0 Å². The fourth-order valence-corrected chi connectivity index (χ4v) is 11.3. The lowest BCUT2D eigenvalue weighted by molar-refractivity contribution is 0.661. The fraction of sp³-hybridized carbons (Fsp3) is 0.0492. The third-order valence-electron chi connectivity index (χ3n) is 13.3. The first kappa shape index (κ1) is 37.3. The topological polar surface area (TPSA) is 12.0 Å². The molecule has 11 aromatic rings. The first-order valence-electron chi connectivity index (χ1n) is 21.8. The molecule has 0 saturated heterocycles. The average molecular weight is 822 g/mol. The summed E-state index contributed by atoms with van der Waals surface area (Å²) in [6.45, 7) is 4.75. The monoisotopic (exact) mass is 821 g/mol. The molecule has 0 spiro atoms. The molecule has 0 fully saturated rings. The second-order valence-corrected chi connectivity index (χ2v) is 18.4. The SMILES string of the molecule is CC1(C)c2cc(Nc3cc(-c4ccccc4)ccc3-c3ccccc3-c3cccc(-c4cccc5c4sc4ccccc45)c3)ccc2-c2ccc(-c3cccc4ccccc34)cc21. The minimum atomic E-state index is -0.185. The molecular formula is C61H43NS. The van der Waals surface area contributed by atoms with E-state index in [0.717, 1.165) is 16.9 Å². The molecule has 10 aromatic carbocycles. The van der Waals surface area contributed by atoms with Gasteiger partial charge in [0.1, 0.15) is 0 Å². The van der Waals surface area contributed by atoms with Crippen LogP contribution in [0.1, 0.15) is 25.0 Å². The second kappa shape index (κ2) is 14.8. The molecule has 0 aliphatic heterocycles. The van der Waals surface area contributed by atoms with Gasteiger partial charge in [0.25, 0.3) is 0 Å². The number of benzene rings is 10. The molecular weight excluding hydrogens is 779 g/mol. The van der Waals surface area contributed by atoms with E-state index in [1.54, 1.807) is 0 Å². The van der Waals surface area contributed by atoms with Crippen molar-refractivity contribution in [1.82, 2.24) is 0 Å². The highest BCUT2D eigenvalue weighted by Crippen LogP contribution is 2.51. The molecule has 0 radical (unpaired) electrons. The van der Waals surface area contributed by atoms with Crippen molar-refractivity contribution in [2.75, 3.05) is 5.32 Å². The van der Waals surface area contributed by atoms with E-state index in [9.17, 15) is 0 Å². The Bertz CT molecular complexity index is 3570. The van der Waals surface area contributed by atoms with E-state index in [-0.39, 0.29) is 5.41 Å². The zero-order valence-corrected chi connectivity index (χ0v) is 36.0. The van der Waals surface area contributed by atoms with Gasteiger partial charge in [-0.3, -0.25) is 0 Å². The van der Waals surface area contributed by atoms with Crippen LogP contribution < -0.4 is 5.32 Å². The van der Waals surface area contributed by atoms with Crippen LogP contribution in [-0.2, 0) is 5.41 Å². The molecule has 1 aromatic heterocycles. The maximum atomic E-state index is 3.98. The van der Waals surface area contributed by atoms with Gasteiger partial charge in [0.15, 0.2) is 0 Å². The smallest absolute Gasteiger partial charge is 0.0470 e. The number of thiophene rings is 1. The fourth-order valence-electron chi connectivity index (χ4n) is 10.1. The lowest BCUT2D eigenvalue weighted by Gasteiger charge is -2.23. The average Bonchev–Trinajstić information content (AvgIpc) is 3.83. The lowest BCUT2D eigenvalue weighted by atomic mass is 9.81. The predicted octanol–water partition coefficient (Wildman–Crippen LogP) is 17.6. The molecule has 12 rings (SSSR count). The van der Waals surface area contributed by atoms with Crippen LogP contribution in [0.5, 0.6) is 0 Å². The zero-order valence-electron chi connectivity index (χ0n) is 35.2. The standard InChI is InChI=1S/C61H43NS/c1-61(2)56-36-44(47-25-13-18-40-17-6-7-21-46(40)47)30-32-51(56)52-34-31-45(38-57(52)61)62-58-37-41(39-15-4-3-5-16-39)29-33-53(58)50-23-9-8-22-48(50)42-19-12-20-43(35-42)49-26-14-27-55-54-24-10-11-28-59(54)63-60(49)55/h3-38,62H,1-2H3. The molecule has 0 bridgehead atoms. The molecule has 1 nitrogen and oxygen atoms in total.